The molecule has 1 fully saturated rings. The summed E-state index contributed by atoms with van der Waals surface area (Å²) < 4.78 is 5.68. The molecule has 1 unspecified atom stereocenters. The number of morpholine rings is 1. The van der Waals surface area contributed by atoms with Gasteiger partial charge in [-0.25, -0.2) is 9.59 Å². The molecular weight excluding hydrogens is 298 g/mol. The van der Waals surface area contributed by atoms with E-state index in [0.29, 0.717) is 18.3 Å². The highest BCUT2D eigenvalue weighted by atomic mass is 16.5. The number of carboxylic acid groups (broad SMARTS) is 2. The molecule has 1 heterocycles. The maximum Gasteiger partial charge on any atom is 0.328 e. The topological polar surface area (TPSA) is 95.9 Å². The van der Waals surface area contributed by atoms with E-state index in [0.717, 1.165) is 32.5 Å². The third kappa shape index (κ3) is 8.75. The van der Waals surface area contributed by atoms with Crippen molar-refractivity contribution >= 4 is 11.9 Å². The molecule has 1 aliphatic rings. The summed E-state index contributed by atoms with van der Waals surface area (Å²) in [5.41, 5.74) is 2.84. The molecule has 1 atom stereocenters. The summed E-state index contributed by atoms with van der Waals surface area (Å²) >= 11 is 0. The minimum atomic E-state index is -1.26. The van der Waals surface area contributed by atoms with Crippen molar-refractivity contribution in [3.05, 3.63) is 47.5 Å². The zero-order chi connectivity index (χ0) is 17.1. The quantitative estimate of drug-likeness (QED) is 0.713. The molecule has 0 spiro atoms. The minimum Gasteiger partial charge on any atom is -0.478 e. The number of nitrogens with one attached hydrogen (secondary N) is 1. The van der Waals surface area contributed by atoms with E-state index in [2.05, 4.69) is 36.5 Å². The number of rotatable bonds is 5. The maximum absolute atomic E-state index is 9.55. The van der Waals surface area contributed by atoms with E-state index in [4.69, 9.17) is 14.9 Å². The van der Waals surface area contributed by atoms with Crippen molar-refractivity contribution in [2.45, 2.75) is 25.9 Å². The highest BCUT2D eigenvalue weighted by Gasteiger charge is 2.13. The number of ether oxygens (including phenoxy) is 1. The molecule has 2 rings (SSSR count). The summed E-state index contributed by atoms with van der Waals surface area (Å²) in [5, 5.41) is 19.0. The lowest BCUT2D eigenvalue weighted by Crippen LogP contribution is -2.38. The molecule has 3 N–H and O–H groups in total. The van der Waals surface area contributed by atoms with Crippen LogP contribution in [0.15, 0.2) is 36.4 Å². The predicted molar refractivity (Wildman–Crippen MR) is 86.5 cm³/mol. The first-order valence-corrected chi connectivity index (χ1v) is 7.50. The summed E-state index contributed by atoms with van der Waals surface area (Å²) in [6.07, 6.45) is 3.76. The molecule has 0 bridgehead atoms. The number of hydrogen-bond acceptors (Lipinski definition) is 4. The Bertz CT molecular complexity index is 520. The lowest BCUT2D eigenvalue weighted by Gasteiger charge is -2.23. The zero-order valence-electron chi connectivity index (χ0n) is 13.2. The highest BCUT2D eigenvalue weighted by molar-refractivity contribution is 5.89. The largest absolute Gasteiger partial charge is 0.478 e. The molecule has 6 heteroatoms. The Morgan fingerprint density at radius 3 is 2.43 bits per heavy atom. The Morgan fingerprint density at radius 2 is 1.91 bits per heavy atom. The fourth-order valence-corrected chi connectivity index (χ4v) is 2.15. The van der Waals surface area contributed by atoms with Gasteiger partial charge in [-0.1, -0.05) is 24.3 Å². The van der Waals surface area contributed by atoms with Crippen molar-refractivity contribution in [1.29, 1.82) is 0 Å². The molecule has 1 aromatic carbocycles. The number of hydrogen-bond donors (Lipinski definition) is 3. The summed E-state index contributed by atoms with van der Waals surface area (Å²) in [5.74, 6) is -2.51. The van der Waals surface area contributed by atoms with E-state index in [9.17, 15) is 9.59 Å². The first kappa shape index (κ1) is 18.9. The second-order valence-electron chi connectivity index (χ2n) is 5.17. The smallest absolute Gasteiger partial charge is 0.328 e. The van der Waals surface area contributed by atoms with Crippen molar-refractivity contribution in [2.24, 2.45) is 0 Å². The number of carboxylic acids is 2. The van der Waals surface area contributed by atoms with Gasteiger partial charge in [0.15, 0.2) is 0 Å². The second-order valence-corrected chi connectivity index (χ2v) is 5.17. The van der Waals surface area contributed by atoms with Crippen LogP contribution in [0.2, 0.25) is 0 Å². The van der Waals surface area contributed by atoms with Crippen LogP contribution in [0.3, 0.4) is 0 Å². The molecule has 1 aliphatic heterocycles. The third-order valence-corrected chi connectivity index (χ3v) is 3.37. The molecule has 1 aromatic rings. The lowest BCUT2D eigenvalue weighted by atomic mass is 10.0. The number of aryl methyl sites for hydroxylation is 2. The Balaban J connectivity index is 0.000000284. The molecule has 6 nitrogen and oxygen atoms in total. The van der Waals surface area contributed by atoms with E-state index < -0.39 is 11.9 Å². The van der Waals surface area contributed by atoms with Gasteiger partial charge in [-0.3, -0.25) is 0 Å². The Labute approximate surface area is 135 Å². The fraction of sp³-hybridized carbons (Fsp3) is 0.412. The number of benzene rings is 1. The average molecular weight is 321 g/mol. The van der Waals surface area contributed by atoms with Gasteiger partial charge in [0.1, 0.15) is 0 Å². The van der Waals surface area contributed by atoms with Crippen LogP contribution in [0.25, 0.3) is 0 Å². The first-order valence-electron chi connectivity index (χ1n) is 7.50. The van der Waals surface area contributed by atoms with Crippen molar-refractivity contribution in [1.82, 2.24) is 5.32 Å². The van der Waals surface area contributed by atoms with E-state index in [1.165, 1.54) is 11.1 Å². The first-order chi connectivity index (χ1) is 11.0. The summed E-state index contributed by atoms with van der Waals surface area (Å²) in [6.45, 7) is 5.04. The van der Waals surface area contributed by atoms with Crippen LogP contribution < -0.4 is 5.32 Å². The molecule has 23 heavy (non-hydrogen) atoms. The molecular formula is C17H23NO5. The second kappa shape index (κ2) is 10.5. The molecule has 0 radical (unpaired) electrons. The normalized spacial score (nSPS) is 17.3. The predicted octanol–water partition coefficient (Wildman–Crippen LogP) is 1.63. The Kier molecular flexibility index (Phi) is 8.64. The van der Waals surface area contributed by atoms with Gasteiger partial charge in [-0.2, -0.15) is 0 Å². The van der Waals surface area contributed by atoms with Gasteiger partial charge in [-0.05, 0) is 30.9 Å². The highest BCUT2D eigenvalue weighted by Crippen LogP contribution is 2.12. The van der Waals surface area contributed by atoms with E-state index >= 15 is 0 Å². The monoisotopic (exact) mass is 321 g/mol. The van der Waals surface area contributed by atoms with Crippen LogP contribution in [0.4, 0.5) is 0 Å². The van der Waals surface area contributed by atoms with Crippen LogP contribution in [0.1, 0.15) is 17.5 Å². The minimum absolute atomic E-state index is 0.401. The maximum atomic E-state index is 9.55. The van der Waals surface area contributed by atoms with Gasteiger partial charge in [0.25, 0.3) is 0 Å². The summed E-state index contributed by atoms with van der Waals surface area (Å²) in [4.78, 5) is 19.1. The Hall–Kier alpha value is -2.18. The molecule has 0 amide bonds. The van der Waals surface area contributed by atoms with Crippen LogP contribution in [-0.4, -0.2) is 48.0 Å². The zero-order valence-corrected chi connectivity index (χ0v) is 13.2. The third-order valence-electron chi connectivity index (χ3n) is 3.37. The average Bonchev–Trinajstić information content (AvgIpc) is 2.54. The van der Waals surface area contributed by atoms with Gasteiger partial charge < -0.3 is 20.3 Å². The fourth-order valence-electron chi connectivity index (χ4n) is 2.15. The molecule has 0 aliphatic carbocycles. The number of carbonyl (C=O) groups is 2. The molecule has 0 aromatic heterocycles. The van der Waals surface area contributed by atoms with E-state index in [1.807, 2.05) is 0 Å². The van der Waals surface area contributed by atoms with Crippen molar-refractivity contribution < 1.29 is 24.5 Å². The molecule has 126 valence electrons. The van der Waals surface area contributed by atoms with Crippen LogP contribution in [0, 0.1) is 6.92 Å². The van der Waals surface area contributed by atoms with Gasteiger partial charge in [0.05, 0.1) is 12.7 Å². The van der Waals surface area contributed by atoms with Crippen LogP contribution in [-0.2, 0) is 20.7 Å². The van der Waals surface area contributed by atoms with Crippen molar-refractivity contribution in [3.63, 3.8) is 0 Å². The van der Waals surface area contributed by atoms with Gasteiger partial charge >= 0.3 is 11.9 Å². The summed E-state index contributed by atoms with van der Waals surface area (Å²) in [6, 6.07) is 8.60. The van der Waals surface area contributed by atoms with E-state index in [-0.39, 0.29) is 0 Å². The SMILES string of the molecule is Cc1ccccc1CCC1CNCCO1.O=C(O)/C=C\C(=O)O. The summed E-state index contributed by atoms with van der Waals surface area (Å²) in [7, 11) is 0. The van der Waals surface area contributed by atoms with Gasteiger partial charge in [0.2, 0.25) is 0 Å². The molecule has 1 saturated heterocycles. The van der Waals surface area contributed by atoms with Crippen molar-refractivity contribution in [3.8, 4) is 0 Å². The Morgan fingerprint density at radius 1 is 1.26 bits per heavy atom. The number of aliphatic carboxylic acids is 2. The van der Waals surface area contributed by atoms with Gasteiger partial charge in [0, 0.05) is 25.2 Å². The van der Waals surface area contributed by atoms with Crippen LogP contribution in [0.5, 0.6) is 0 Å². The lowest BCUT2D eigenvalue weighted by molar-refractivity contribution is -0.134. The standard InChI is InChI=1S/C13H19NO.C4H4O4/c1-11-4-2-3-5-12(11)6-7-13-10-14-8-9-15-13;5-3(6)1-2-4(7)8/h2-5,13-14H,6-10H2,1H3;1-2H,(H,5,6)(H,7,8)/b;2-1-. The molecule has 0 saturated carbocycles. The van der Waals surface area contributed by atoms with Gasteiger partial charge in [-0.15, -0.1) is 0 Å². The van der Waals surface area contributed by atoms with E-state index in [1.54, 1.807) is 0 Å². The van der Waals surface area contributed by atoms with Crippen molar-refractivity contribution in [2.75, 3.05) is 19.7 Å². The van der Waals surface area contributed by atoms with Crippen LogP contribution >= 0.6 is 0 Å².